The van der Waals surface area contributed by atoms with Gasteiger partial charge in [0.25, 0.3) is 0 Å². The van der Waals surface area contributed by atoms with Crippen molar-refractivity contribution in [2.75, 3.05) is 40.3 Å². The van der Waals surface area contributed by atoms with Gasteiger partial charge >= 0.3 is 277 Å². The normalized spacial score (nSPS) is 14.0. The minimum absolute atomic E-state index is 0.106. The number of nitrogens with zero attached hydrogens (tertiary/aromatic N) is 1. The van der Waals surface area contributed by atoms with Crippen molar-refractivity contribution in [3.8, 4) is 0 Å². The van der Waals surface area contributed by atoms with Gasteiger partial charge in [-0.05, 0) is 62.6 Å². The van der Waals surface area contributed by atoms with Crippen molar-refractivity contribution in [3.63, 3.8) is 0 Å². The smallest absolute Gasteiger partial charge is 0.370 e. The molecule has 91 heavy (non-hydrogen) atoms. The Kier molecular flexibility index (Phi) is 37.7. The van der Waals surface area contributed by atoms with Gasteiger partial charge in [-0.3, -0.25) is 28.8 Å². The molecule has 0 radical (unpaired) electrons. The van der Waals surface area contributed by atoms with Gasteiger partial charge in [0, 0.05) is 24.7 Å². The Morgan fingerprint density at radius 3 is 1.57 bits per heavy atom. The van der Waals surface area contributed by atoms with Crippen molar-refractivity contribution >= 4 is 95.6 Å². The van der Waals surface area contributed by atoms with Crippen LogP contribution in [0.5, 0.6) is 0 Å². The number of carbonyl (C=O) groups is 13. The van der Waals surface area contributed by atoms with Gasteiger partial charge in [0.05, 0.1) is 18.5 Å². The van der Waals surface area contributed by atoms with E-state index in [2.05, 4.69) is 26.6 Å². The number of hydrogen-bond donors (Lipinski definition) is 10. The minimum Gasteiger partial charge on any atom is -0.370 e. The summed E-state index contributed by atoms with van der Waals surface area (Å²) in [4.78, 5) is 176. The van der Waals surface area contributed by atoms with Crippen LogP contribution in [0.3, 0.4) is 0 Å². The van der Waals surface area contributed by atoms with Crippen molar-refractivity contribution in [1.29, 1.82) is 0 Å². The summed E-state index contributed by atoms with van der Waals surface area (Å²) >= 11 is -0.424. The van der Waals surface area contributed by atoms with E-state index in [9.17, 15) is 62.3 Å². The third-order valence-electron chi connectivity index (χ3n) is 15.2. The van der Waals surface area contributed by atoms with E-state index in [4.69, 9.17) is 28.7 Å². The summed E-state index contributed by atoms with van der Waals surface area (Å²) in [5.41, 5.74) is 29.8. The summed E-state index contributed by atoms with van der Waals surface area (Å²) in [7, 11) is 3.26. The molecule has 15 N–H and O–H groups in total. The van der Waals surface area contributed by atoms with Gasteiger partial charge in [-0.25, -0.2) is 0 Å². The van der Waals surface area contributed by atoms with Crippen LogP contribution in [0.4, 0.5) is 0 Å². The molecular formula is C66H103N11O13Se. The maximum absolute atomic E-state index is 14.4. The van der Waals surface area contributed by atoms with Gasteiger partial charge in [-0.1, -0.05) is 70.9 Å². The van der Waals surface area contributed by atoms with Crippen LogP contribution in [0, 0.1) is 41.4 Å². The second-order valence-electron chi connectivity index (χ2n) is 25.1. The van der Waals surface area contributed by atoms with Crippen LogP contribution in [0.15, 0.2) is 54.6 Å². The zero-order chi connectivity index (χ0) is 68.3. The maximum atomic E-state index is 14.4. The minimum atomic E-state index is -1.41. The molecule has 0 aliphatic carbocycles. The Bertz CT molecular complexity index is 2730. The number of rotatable bonds is 48. The third-order valence-corrected chi connectivity index (χ3v) is 17.7. The number of hydrogen-bond acceptors (Lipinski definition) is 16. The Labute approximate surface area is 543 Å². The molecule has 8 atom stereocenters. The molecule has 8 amide bonds. The monoisotopic (exact) mass is 1340 g/mol. The van der Waals surface area contributed by atoms with Crippen molar-refractivity contribution < 1.29 is 62.3 Å². The first-order valence-corrected chi connectivity index (χ1v) is 33.8. The van der Waals surface area contributed by atoms with Crippen LogP contribution < -0.4 is 59.7 Å². The molecule has 25 heteroatoms. The Balaban J connectivity index is 2.29. The Morgan fingerprint density at radius 1 is 0.505 bits per heavy atom. The van der Waals surface area contributed by atoms with Gasteiger partial charge in [0.1, 0.15) is 0 Å². The zero-order valence-corrected chi connectivity index (χ0v) is 56.4. The van der Waals surface area contributed by atoms with E-state index in [-0.39, 0.29) is 99.6 Å². The number of nitrogens with one attached hydrogen (secondary N) is 5. The van der Waals surface area contributed by atoms with E-state index >= 15 is 0 Å². The number of primary amides is 2. The molecule has 0 saturated carbocycles. The third kappa shape index (κ3) is 32.7. The average molecular weight is 1340 g/mol. The van der Waals surface area contributed by atoms with Crippen LogP contribution in [-0.2, 0) is 64.0 Å². The SMILES string of the molecule is CC(C)C[C@H](CC(=O)CNC(=O)[C@H](C[Se]c1ccc(C(=O)N(C)C)cc1)CC(=O)CNC(=O)CCC(=O)[C@H](Cc1ccccc1)NC(=O)[C@@H](N)CC(C)C)C(=O)N[C@@H](CC(C)C)C(=O)C[C@@H](CCCCN)C(=O)N[C@@H](CC(N)=O)C(=O)C[C@@H](CCCCN)C(N)=O. The van der Waals surface area contributed by atoms with E-state index in [1.165, 1.54) is 4.90 Å². The number of carbonyl (C=O) groups excluding carboxylic acids is 13. The second kappa shape index (κ2) is 42.9. The molecule has 2 aromatic rings. The molecule has 506 valence electrons. The molecular weight excluding hydrogens is 1230 g/mol. The van der Waals surface area contributed by atoms with E-state index in [1.54, 1.807) is 50.5 Å². The summed E-state index contributed by atoms with van der Waals surface area (Å²) in [5, 5.41) is 13.6. The molecule has 0 aliphatic heterocycles. The number of unbranched alkanes of at least 4 members (excludes halogenated alkanes) is 2. The van der Waals surface area contributed by atoms with Gasteiger partial charge in [-0.15, -0.1) is 0 Å². The van der Waals surface area contributed by atoms with E-state index < -0.39 is 153 Å². The molecule has 0 aromatic heterocycles. The number of ketones is 5. The molecule has 2 aromatic carbocycles. The van der Waals surface area contributed by atoms with E-state index in [0.717, 1.165) is 10.0 Å². The number of amides is 8. The topological polar surface area (TPSA) is 415 Å². The summed E-state index contributed by atoms with van der Waals surface area (Å²) < 4.78 is 0.815. The summed E-state index contributed by atoms with van der Waals surface area (Å²) in [6.45, 7) is 10.9. The second-order valence-corrected chi connectivity index (χ2v) is 27.4. The first-order valence-electron chi connectivity index (χ1n) is 31.7. The van der Waals surface area contributed by atoms with Crippen molar-refractivity contribution in [3.05, 3.63) is 65.7 Å². The van der Waals surface area contributed by atoms with Crippen molar-refractivity contribution in [2.45, 2.75) is 180 Å². The fraction of sp³-hybridized carbons (Fsp3) is 0.621. The Morgan fingerprint density at radius 2 is 1.02 bits per heavy atom. The van der Waals surface area contributed by atoms with Gasteiger partial charge in [0.2, 0.25) is 23.6 Å². The molecule has 0 aliphatic rings. The average Bonchev–Trinajstić information content (AvgIpc) is 1.91. The molecule has 0 bridgehead atoms. The van der Waals surface area contributed by atoms with Crippen LogP contribution in [0.2, 0.25) is 5.32 Å². The van der Waals surface area contributed by atoms with Crippen LogP contribution in [-0.4, -0.2) is 160 Å². The van der Waals surface area contributed by atoms with Crippen LogP contribution in [0.25, 0.3) is 0 Å². The van der Waals surface area contributed by atoms with Gasteiger partial charge in [0.15, 0.2) is 5.78 Å². The Hall–Kier alpha value is -7.05. The predicted molar refractivity (Wildman–Crippen MR) is 348 cm³/mol. The summed E-state index contributed by atoms with van der Waals surface area (Å²) in [6.07, 6.45) is 0.883. The molecule has 0 fully saturated rings. The van der Waals surface area contributed by atoms with E-state index in [0.29, 0.717) is 50.8 Å². The van der Waals surface area contributed by atoms with Crippen LogP contribution >= 0.6 is 0 Å². The van der Waals surface area contributed by atoms with E-state index in [1.807, 2.05) is 59.7 Å². The predicted octanol–water partition coefficient (Wildman–Crippen LogP) is 1.80. The van der Waals surface area contributed by atoms with Crippen molar-refractivity contribution in [1.82, 2.24) is 31.5 Å². The summed E-state index contributed by atoms with van der Waals surface area (Å²) in [5.74, 6) is -11.4. The summed E-state index contributed by atoms with van der Waals surface area (Å²) in [6, 6.07) is 11.6. The zero-order valence-electron chi connectivity index (χ0n) is 54.7. The van der Waals surface area contributed by atoms with Gasteiger partial charge in [-0.2, -0.15) is 0 Å². The van der Waals surface area contributed by atoms with Gasteiger partial charge < -0.3 is 34.0 Å². The fourth-order valence-electron chi connectivity index (χ4n) is 10.2. The molecule has 0 heterocycles. The quantitative estimate of drug-likeness (QED) is 0.0334. The molecule has 2 rings (SSSR count). The number of benzene rings is 2. The molecule has 0 saturated heterocycles. The molecule has 24 nitrogen and oxygen atoms in total. The van der Waals surface area contributed by atoms with Crippen LogP contribution in [0.1, 0.15) is 160 Å². The fourth-order valence-corrected chi connectivity index (χ4v) is 12.3. The number of nitrogens with two attached hydrogens (primary N) is 5. The number of Topliss-reactive ketones (excluding diaryl/α,β-unsaturated/α-hetero) is 5. The first kappa shape index (κ1) is 80.0. The first-order chi connectivity index (χ1) is 42.9. The standard InChI is InChI=1S/C66H103N11O13Se/c1-40(2)28-47(64(88)74-53(30-42(5)6)58(82)35-46(19-13-15-27-68)63(87)75-55(36-59(70)83)57(81)34-45(61(71)85)18-12-14-26-67)32-49(78)38-73-62(86)48(39-91-51-22-20-44(21-23-51)66(90)77(7)8)33-50(79)37-72-60(84)25-24-56(80)54(31-43-16-10-9-11-17-43)76-65(89)52(69)29-41(3)4/h9-11,16-17,20-23,40-42,45-48,52-55H,12-15,18-19,24-39,67-69H2,1-8H3,(H2,70,83)(H2,71,85)(H,72,84)(H,73,86)(H,74,88)(H,75,87)(H,76,89)/t45-,46-,47-,48+,52+,53+,54+,55+/m1/s1. The van der Waals surface area contributed by atoms with Crippen molar-refractivity contribution in [2.24, 2.45) is 70.1 Å². The molecule has 0 spiro atoms. The molecule has 0 unspecified atom stereocenters.